The molecular formula is C14H19N3O2. The van der Waals surface area contributed by atoms with Gasteiger partial charge >= 0.3 is 0 Å². The number of hydrogen-bond donors (Lipinski definition) is 1. The van der Waals surface area contributed by atoms with Gasteiger partial charge in [-0.1, -0.05) is 12.6 Å². The Labute approximate surface area is 112 Å². The average molecular weight is 261 g/mol. The lowest BCUT2D eigenvalue weighted by atomic mass is 10.2. The summed E-state index contributed by atoms with van der Waals surface area (Å²) >= 11 is 0. The number of carbonyl (C=O) groups is 1. The fraction of sp³-hybridized carbons (Fsp3) is 0.429. The summed E-state index contributed by atoms with van der Waals surface area (Å²) < 4.78 is 0. The Balaban J connectivity index is 1.92. The number of hydrogen-bond acceptors (Lipinski definition) is 3. The predicted octanol–water partition coefficient (Wildman–Crippen LogP) is 0.514. The lowest BCUT2D eigenvalue weighted by molar-refractivity contribution is -0.127. The third-order valence-electron chi connectivity index (χ3n) is 3.42. The third-order valence-corrected chi connectivity index (χ3v) is 3.42. The first-order valence-corrected chi connectivity index (χ1v) is 6.42. The monoisotopic (exact) mass is 261 g/mol. The summed E-state index contributed by atoms with van der Waals surface area (Å²) in [6, 6.07) is 3.78. The molecule has 1 amide bonds. The van der Waals surface area contributed by atoms with E-state index in [0.717, 1.165) is 24.3 Å². The first-order valence-electron chi connectivity index (χ1n) is 6.42. The lowest BCUT2D eigenvalue weighted by Gasteiger charge is -2.34. The highest BCUT2D eigenvalue weighted by Crippen LogP contribution is 2.06. The summed E-state index contributed by atoms with van der Waals surface area (Å²) in [4.78, 5) is 29.9. The average Bonchev–Trinajstić information content (AvgIpc) is 2.43. The van der Waals surface area contributed by atoms with Crippen LogP contribution in [0.15, 0.2) is 29.6 Å². The van der Waals surface area contributed by atoms with Gasteiger partial charge in [0.25, 0.3) is 5.56 Å². The van der Waals surface area contributed by atoms with Crippen LogP contribution in [0.2, 0.25) is 0 Å². The maximum atomic E-state index is 11.5. The molecule has 1 aromatic heterocycles. The number of rotatable bonds is 3. The Morgan fingerprint density at radius 3 is 2.63 bits per heavy atom. The second-order valence-electron chi connectivity index (χ2n) is 4.80. The molecule has 1 aliphatic heterocycles. The van der Waals surface area contributed by atoms with E-state index in [2.05, 4.69) is 16.5 Å². The van der Waals surface area contributed by atoms with Crippen molar-refractivity contribution in [3.05, 3.63) is 46.4 Å². The minimum absolute atomic E-state index is 0.0107. The van der Waals surface area contributed by atoms with Gasteiger partial charge < -0.3 is 9.88 Å². The molecule has 0 aromatic carbocycles. The van der Waals surface area contributed by atoms with Crippen LogP contribution in [0.25, 0.3) is 0 Å². The van der Waals surface area contributed by atoms with E-state index in [-0.39, 0.29) is 11.5 Å². The largest absolute Gasteiger partial charge is 0.337 e. The number of amides is 1. The predicted molar refractivity (Wildman–Crippen MR) is 73.9 cm³/mol. The lowest BCUT2D eigenvalue weighted by Crippen LogP contribution is -2.47. The minimum Gasteiger partial charge on any atom is -0.337 e. The molecule has 0 atom stereocenters. The van der Waals surface area contributed by atoms with Gasteiger partial charge in [0.1, 0.15) is 0 Å². The molecule has 2 heterocycles. The first-order chi connectivity index (χ1) is 9.10. The molecule has 5 nitrogen and oxygen atoms in total. The summed E-state index contributed by atoms with van der Waals surface area (Å²) in [7, 11) is 0. The maximum absolute atomic E-state index is 11.5. The molecule has 0 saturated carbocycles. The number of aromatic amines is 1. The van der Waals surface area contributed by atoms with Crippen LogP contribution in [0.1, 0.15) is 11.3 Å². The van der Waals surface area contributed by atoms with Crippen LogP contribution in [0.3, 0.4) is 0 Å². The van der Waals surface area contributed by atoms with E-state index in [4.69, 9.17) is 0 Å². The van der Waals surface area contributed by atoms with Crippen LogP contribution in [0.4, 0.5) is 0 Å². The number of piperazine rings is 1. The van der Waals surface area contributed by atoms with Crippen LogP contribution in [-0.4, -0.2) is 46.9 Å². The van der Waals surface area contributed by atoms with E-state index in [1.807, 2.05) is 12.1 Å². The first kappa shape index (κ1) is 13.5. The zero-order chi connectivity index (χ0) is 13.8. The highest BCUT2D eigenvalue weighted by Gasteiger charge is 2.19. The number of aryl methyl sites for hydroxylation is 1. The van der Waals surface area contributed by atoms with Gasteiger partial charge in [0.2, 0.25) is 5.91 Å². The molecule has 5 heteroatoms. The van der Waals surface area contributed by atoms with Gasteiger partial charge in [0.05, 0.1) is 0 Å². The van der Waals surface area contributed by atoms with Gasteiger partial charge in [-0.2, -0.15) is 0 Å². The molecule has 102 valence electrons. The fourth-order valence-electron chi connectivity index (χ4n) is 2.18. The second-order valence-corrected chi connectivity index (χ2v) is 4.80. The molecule has 19 heavy (non-hydrogen) atoms. The van der Waals surface area contributed by atoms with Gasteiger partial charge in [-0.25, -0.2) is 0 Å². The number of carbonyl (C=O) groups excluding carboxylic acids is 1. The Bertz CT molecular complexity index is 528. The molecule has 1 aromatic rings. The van der Waals surface area contributed by atoms with Crippen LogP contribution in [-0.2, 0) is 11.3 Å². The quantitative estimate of drug-likeness (QED) is 0.807. The van der Waals surface area contributed by atoms with Gasteiger partial charge in [-0.3, -0.25) is 14.5 Å². The topological polar surface area (TPSA) is 56.4 Å². The normalized spacial score (nSPS) is 16.4. The smallest absolute Gasteiger partial charge is 0.251 e. The van der Waals surface area contributed by atoms with Crippen molar-refractivity contribution in [3.63, 3.8) is 0 Å². The van der Waals surface area contributed by atoms with E-state index in [0.29, 0.717) is 19.6 Å². The summed E-state index contributed by atoms with van der Waals surface area (Å²) in [5.41, 5.74) is 1.61. The van der Waals surface area contributed by atoms with E-state index < -0.39 is 0 Å². The SMILES string of the molecule is C=CC(=O)N1CCN(Cc2ccc(C)c(=O)[nH]2)CC1. The van der Waals surface area contributed by atoms with Crippen LogP contribution in [0, 0.1) is 6.92 Å². The Morgan fingerprint density at radius 2 is 2.05 bits per heavy atom. The van der Waals surface area contributed by atoms with E-state index in [9.17, 15) is 9.59 Å². The molecule has 0 radical (unpaired) electrons. The zero-order valence-electron chi connectivity index (χ0n) is 11.2. The molecule has 1 fully saturated rings. The standard InChI is InChI=1S/C14H19N3O2/c1-3-13(18)17-8-6-16(7-9-17)10-12-5-4-11(2)14(19)15-12/h3-5H,1,6-10H2,2H3,(H,15,19). The van der Waals surface area contributed by atoms with Crippen LogP contribution in [0.5, 0.6) is 0 Å². The van der Waals surface area contributed by atoms with Gasteiger partial charge in [-0.05, 0) is 19.1 Å². The molecule has 1 N–H and O–H groups in total. The van der Waals surface area contributed by atoms with Crippen LogP contribution >= 0.6 is 0 Å². The molecule has 1 saturated heterocycles. The zero-order valence-corrected chi connectivity index (χ0v) is 11.2. The minimum atomic E-state index is -0.0297. The van der Waals surface area contributed by atoms with Gasteiger partial charge in [-0.15, -0.1) is 0 Å². The molecule has 0 unspecified atom stereocenters. The molecular weight excluding hydrogens is 242 g/mol. The van der Waals surface area contributed by atoms with Crippen LogP contribution < -0.4 is 5.56 Å². The van der Waals surface area contributed by atoms with Crippen molar-refractivity contribution >= 4 is 5.91 Å². The second kappa shape index (κ2) is 5.84. The highest BCUT2D eigenvalue weighted by atomic mass is 16.2. The van der Waals surface area contributed by atoms with E-state index in [1.165, 1.54) is 6.08 Å². The molecule has 0 aliphatic carbocycles. The van der Waals surface area contributed by atoms with E-state index >= 15 is 0 Å². The number of pyridine rings is 1. The van der Waals surface area contributed by atoms with Crippen molar-refractivity contribution in [1.82, 2.24) is 14.8 Å². The summed E-state index contributed by atoms with van der Waals surface area (Å²) in [6.45, 7) is 9.05. The molecule has 0 bridgehead atoms. The van der Waals surface area contributed by atoms with Gasteiger partial charge in [0, 0.05) is 44.0 Å². The number of aromatic nitrogens is 1. The number of nitrogens with zero attached hydrogens (tertiary/aromatic N) is 2. The Hall–Kier alpha value is -1.88. The Morgan fingerprint density at radius 1 is 1.37 bits per heavy atom. The van der Waals surface area contributed by atoms with Crippen molar-refractivity contribution in [1.29, 1.82) is 0 Å². The third kappa shape index (κ3) is 3.32. The fourth-order valence-corrected chi connectivity index (χ4v) is 2.18. The van der Waals surface area contributed by atoms with Crippen molar-refractivity contribution in [2.45, 2.75) is 13.5 Å². The van der Waals surface area contributed by atoms with Crippen molar-refractivity contribution in [2.24, 2.45) is 0 Å². The number of nitrogens with one attached hydrogen (secondary N) is 1. The number of H-pyrrole nitrogens is 1. The highest BCUT2D eigenvalue weighted by molar-refractivity contribution is 5.87. The van der Waals surface area contributed by atoms with Crippen molar-refractivity contribution in [2.75, 3.05) is 26.2 Å². The molecule has 2 rings (SSSR count). The van der Waals surface area contributed by atoms with Crippen molar-refractivity contribution in [3.8, 4) is 0 Å². The molecule has 1 aliphatic rings. The van der Waals surface area contributed by atoms with Gasteiger partial charge in [0.15, 0.2) is 0 Å². The summed E-state index contributed by atoms with van der Waals surface area (Å²) in [5.74, 6) is -0.0107. The molecule has 0 spiro atoms. The summed E-state index contributed by atoms with van der Waals surface area (Å²) in [5, 5.41) is 0. The van der Waals surface area contributed by atoms with E-state index in [1.54, 1.807) is 11.8 Å². The summed E-state index contributed by atoms with van der Waals surface area (Å²) in [6.07, 6.45) is 1.35. The maximum Gasteiger partial charge on any atom is 0.251 e. The Kier molecular flexibility index (Phi) is 4.16. The van der Waals surface area contributed by atoms with Crippen molar-refractivity contribution < 1.29 is 4.79 Å².